The molecule has 1 amide bonds. The summed E-state index contributed by atoms with van der Waals surface area (Å²) in [6.07, 6.45) is 3.25. The molecular formula is C13H20N4O3S. The molecule has 2 rings (SSSR count). The van der Waals surface area contributed by atoms with E-state index in [2.05, 4.69) is 36.6 Å². The summed E-state index contributed by atoms with van der Waals surface area (Å²) >= 11 is 4.92. The lowest BCUT2D eigenvalue weighted by Crippen LogP contribution is -2.41. The number of carbonyl (C=O) groups excluding carboxylic acids is 1. The largest absolute Gasteiger partial charge is 0.297 e. The van der Waals surface area contributed by atoms with E-state index in [1.807, 2.05) is 0 Å². The fourth-order valence-electron chi connectivity index (χ4n) is 3.53. The van der Waals surface area contributed by atoms with Gasteiger partial charge >= 0.3 is 0 Å². The highest BCUT2D eigenvalue weighted by atomic mass is 32.1. The maximum Gasteiger partial charge on any atom is 0.297 e. The first-order valence-electron chi connectivity index (χ1n) is 6.95. The van der Waals surface area contributed by atoms with Gasteiger partial charge in [0.2, 0.25) is 0 Å². The average molecular weight is 312 g/mol. The van der Waals surface area contributed by atoms with Crippen molar-refractivity contribution in [3.63, 3.8) is 0 Å². The first-order chi connectivity index (χ1) is 9.66. The van der Waals surface area contributed by atoms with Gasteiger partial charge in [0.05, 0.1) is 0 Å². The molecule has 2 aliphatic carbocycles. The number of thiocarbonyl (C=S) groups is 1. The van der Waals surface area contributed by atoms with E-state index in [-0.39, 0.29) is 15.9 Å². The van der Waals surface area contributed by atoms with E-state index in [1.54, 1.807) is 0 Å². The van der Waals surface area contributed by atoms with Crippen LogP contribution in [0.5, 0.6) is 0 Å². The van der Waals surface area contributed by atoms with Gasteiger partial charge in [-0.05, 0) is 42.8 Å². The molecule has 0 heterocycles. The highest BCUT2D eigenvalue weighted by Gasteiger charge is 2.59. The second-order valence-electron chi connectivity index (χ2n) is 6.53. The third kappa shape index (κ3) is 2.76. The number of hydrazone groups is 1. The van der Waals surface area contributed by atoms with Crippen molar-refractivity contribution in [2.45, 2.75) is 40.0 Å². The topological polar surface area (TPSA) is 96.6 Å². The van der Waals surface area contributed by atoms with Gasteiger partial charge < -0.3 is 0 Å². The summed E-state index contributed by atoms with van der Waals surface area (Å²) in [6.45, 7) is 5.95. The Labute approximate surface area is 128 Å². The van der Waals surface area contributed by atoms with E-state index in [4.69, 9.17) is 12.2 Å². The van der Waals surface area contributed by atoms with Crippen molar-refractivity contribution in [1.29, 1.82) is 0 Å². The number of hydrogen-bond donors (Lipinski definition) is 2. The molecule has 0 saturated heterocycles. The van der Waals surface area contributed by atoms with Crippen LogP contribution < -0.4 is 10.7 Å². The van der Waals surface area contributed by atoms with Crippen molar-refractivity contribution >= 4 is 28.9 Å². The highest BCUT2D eigenvalue weighted by Crippen LogP contribution is 2.63. The summed E-state index contributed by atoms with van der Waals surface area (Å²) in [7, 11) is 0. The SMILES string of the molecule is CC12CCC(CC1=NNC(=S)NC(=O)C[N+](=O)[O-])C2(C)C. The van der Waals surface area contributed by atoms with Crippen LogP contribution in [0.2, 0.25) is 0 Å². The van der Waals surface area contributed by atoms with Crippen LogP contribution in [0.4, 0.5) is 0 Å². The average Bonchev–Trinajstić information content (AvgIpc) is 2.67. The molecule has 2 N–H and O–H groups in total. The van der Waals surface area contributed by atoms with E-state index in [9.17, 15) is 14.9 Å². The van der Waals surface area contributed by atoms with Gasteiger partial charge in [-0.25, -0.2) is 0 Å². The summed E-state index contributed by atoms with van der Waals surface area (Å²) in [4.78, 5) is 20.7. The minimum Gasteiger partial charge on any atom is -0.296 e. The Balaban J connectivity index is 1.95. The monoisotopic (exact) mass is 312 g/mol. The van der Waals surface area contributed by atoms with Crippen LogP contribution in [0.1, 0.15) is 40.0 Å². The van der Waals surface area contributed by atoms with Crippen LogP contribution in [-0.4, -0.2) is 28.2 Å². The Morgan fingerprint density at radius 1 is 1.52 bits per heavy atom. The van der Waals surface area contributed by atoms with Gasteiger partial charge in [0.1, 0.15) is 0 Å². The van der Waals surface area contributed by atoms with Crippen LogP contribution in [0.3, 0.4) is 0 Å². The molecule has 2 atom stereocenters. The standard InChI is InChI=1S/C13H20N4O3S/c1-12(2)8-4-5-13(12,3)9(6-8)15-16-11(21)14-10(18)7-17(19)20/h8H,4-7H2,1-3H3,(H2,14,16,18,21). The van der Waals surface area contributed by atoms with Crippen molar-refractivity contribution in [2.75, 3.05) is 6.54 Å². The van der Waals surface area contributed by atoms with Gasteiger partial charge in [-0.3, -0.25) is 25.7 Å². The fourth-order valence-corrected chi connectivity index (χ4v) is 3.69. The molecule has 0 aromatic heterocycles. The van der Waals surface area contributed by atoms with Crippen molar-refractivity contribution in [3.8, 4) is 0 Å². The normalized spacial score (nSPS) is 31.2. The Bertz CT molecular complexity index is 532. The Morgan fingerprint density at radius 3 is 2.67 bits per heavy atom. The van der Waals surface area contributed by atoms with Gasteiger partial charge in [0, 0.05) is 16.0 Å². The molecule has 0 aliphatic heterocycles. The van der Waals surface area contributed by atoms with E-state index in [0.29, 0.717) is 5.92 Å². The zero-order valence-corrected chi connectivity index (χ0v) is 13.2. The molecule has 2 saturated carbocycles. The van der Waals surface area contributed by atoms with Gasteiger partial charge in [-0.1, -0.05) is 20.8 Å². The van der Waals surface area contributed by atoms with E-state index in [1.165, 1.54) is 6.42 Å². The molecular weight excluding hydrogens is 292 g/mol. The molecule has 21 heavy (non-hydrogen) atoms. The highest BCUT2D eigenvalue weighted by molar-refractivity contribution is 7.80. The molecule has 7 nitrogen and oxygen atoms in total. The fraction of sp³-hybridized carbons (Fsp3) is 0.769. The lowest BCUT2D eigenvalue weighted by Gasteiger charge is -2.34. The van der Waals surface area contributed by atoms with E-state index < -0.39 is 17.4 Å². The number of nitrogens with zero attached hydrogens (tertiary/aromatic N) is 2. The third-order valence-corrected chi connectivity index (χ3v) is 5.52. The minimum atomic E-state index is -0.800. The smallest absolute Gasteiger partial charge is 0.296 e. The number of hydrogen-bond acceptors (Lipinski definition) is 5. The van der Waals surface area contributed by atoms with Crippen LogP contribution in [0, 0.1) is 26.9 Å². The van der Waals surface area contributed by atoms with Crippen molar-refractivity contribution in [1.82, 2.24) is 10.7 Å². The molecule has 2 aliphatic rings. The molecule has 2 bridgehead atoms. The zero-order valence-electron chi connectivity index (χ0n) is 12.4. The molecule has 0 aromatic carbocycles. The summed E-state index contributed by atoms with van der Waals surface area (Å²) in [5.41, 5.74) is 3.96. The van der Waals surface area contributed by atoms with Crippen LogP contribution in [-0.2, 0) is 4.79 Å². The van der Waals surface area contributed by atoms with Crippen LogP contribution in [0.25, 0.3) is 0 Å². The van der Waals surface area contributed by atoms with Gasteiger partial charge in [-0.2, -0.15) is 5.10 Å². The molecule has 2 fully saturated rings. The lowest BCUT2D eigenvalue weighted by molar-refractivity contribution is -0.467. The summed E-state index contributed by atoms with van der Waals surface area (Å²) in [5, 5.41) is 16.8. The Kier molecular flexibility index (Phi) is 4.01. The van der Waals surface area contributed by atoms with Crippen molar-refractivity contribution < 1.29 is 9.72 Å². The van der Waals surface area contributed by atoms with Gasteiger partial charge in [0.25, 0.3) is 12.5 Å². The molecule has 0 aromatic rings. The second kappa shape index (κ2) is 5.32. The van der Waals surface area contributed by atoms with E-state index >= 15 is 0 Å². The molecule has 116 valence electrons. The van der Waals surface area contributed by atoms with E-state index in [0.717, 1.165) is 18.6 Å². The number of rotatable bonds is 3. The number of amides is 1. The Hall–Kier alpha value is -1.57. The molecule has 0 radical (unpaired) electrons. The summed E-state index contributed by atoms with van der Waals surface area (Å²) in [6, 6.07) is 0. The number of fused-ring (bicyclic) bond motifs is 2. The number of nitrogens with one attached hydrogen (secondary N) is 2. The number of carbonyl (C=O) groups is 1. The van der Waals surface area contributed by atoms with Crippen LogP contribution >= 0.6 is 12.2 Å². The summed E-state index contributed by atoms with van der Waals surface area (Å²) < 4.78 is 0. The number of nitro groups is 1. The maximum atomic E-state index is 11.2. The lowest BCUT2D eigenvalue weighted by atomic mass is 9.70. The van der Waals surface area contributed by atoms with Gasteiger partial charge in [-0.15, -0.1) is 0 Å². The zero-order chi connectivity index (χ0) is 15.8. The predicted octanol–water partition coefficient (Wildman–Crippen LogP) is 1.46. The second-order valence-corrected chi connectivity index (χ2v) is 6.94. The van der Waals surface area contributed by atoms with Crippen molar-refractivity contribution in [3.05, 3.63) is 10.1 Å². The van der Waals surface area contributed by atoms with Gasteiger partial charge in [0.15, 0.2) is 5.11 Å². The molecule has 0 spiro atoms. The minimum absolute atomic E-state index is 0.00136. The third-order valence-electron chi connectivity index (χ3n) is 5.33. The first-order valence-corrected chi connectivity index (χ1v) is 7.36. The quantitative estimate of drug-likeness (QED) is 0.467. The summed E-state index contributed by atoms with van der Waals surface area (Å²) in [5.74, 6) is -0.127. The maximum absolute atomic E-state index is 11.2. The molecule has 2 unspecified atom stereocenters. The predicted molar refractivity (Wildman–Crippen MR) is 82.4 cm³/mol. The Morgan fingerprint density at radius 2 is 2.19 bits per heavy atom. The first kappa shape index (κ1) is 15.8. The molecule has 8 heteroatoms. The van der Waals surface area contributed by atoms with Crippen molar-refractivity contribution in [2.24, 2.45) is 21.8 Å². The van der Waals surface area contributed by atoms with Crippen LogP contribution in [0.15, 0.2) is 5.10 Å².